The van der Waals surface area contributed by atoms with Gasteiger partial charge in [0.25, 0.3) is 0 Å². The van der Waals surface area contributed by atoms with Gasteiger partial charge in [0.15, 0.2) is 0 Å². The minimum atomic E-state index is -4.35. The maximum Gasteiger partial charge on any atom is 0.416 e. The smallest absolute Gasteiger partial charge is 0.296 e. The second-order valence-electron chi connectivity index (χ2n) is 4.55. The predicted octanol–water partition coefficient (Wildman–Crippen LogP) is 2.30. The number of halogens is 3. The fraction of sp³-hybridized carbons (Fsp3) is 0.385. The first-order valence-corrected chi connectivity index (χ1v) is 5.86. The lowest BCUT2D eigenvalue weighted by Gasteiger charge is -2.20. The standard InChI is InChI=1S/C13H12F3NO2/c14-13(15,16)10-4-1-8(2-5-10)7-9-3-6-11(18)17-12(9)19/h1-2,4-5,9H,3,6-7H2,(H,17,18,19). The summed E-state index contributed by atoms with van der Waals surface area (Å²) in [5, 5.41) is 2.23. The highest BCUT2D eigenvalue weighted by Gasteiger charge is 2.30. The Morgan fingerprint density at radius 3 is 2.32 bits per heavy atom. The number of carbonyl (C=O) groups is 2. The van der Waals surface area contributed by atoms with E-state index >= 15 is 0 Å². The number of alkyl halides is 3. The minimum absolute atomic E-state index is 0.275. The van der Waals surface area contributed by atoms with E-state index < -0.39 is 11.7 Å². The van der Waals surface area contributed by atoms with Gasteiger partial charge in [0.2, 0.25) is 11.8 Å². The lowest BCUT2D eigenvalue weighted by Crippen LogP contribution is -2.41. The van der Waals surface area contributed by atoms with Crippen molar-refractivity contribution in [3.05, 3.63) is 35.4 Å². The molecule has 0 bridgehead atoms. The molecule has 0 saturated carbocycles. The van der Waals surface area contributed by atoms with Gasteiger partial charge in [-0.3, -0.25) is 14.9 Å². The SMILES string of the molecule is O=C1CCC(Cc2ccc(C(F)(F)F)cc2)C(=O)N1. The van der Waals surface area contributed by atoms with Crippen molar-refractivity contribution in [2.45, 2.75) is 25.4 Å². The van der Waals surface area contributed by atoms with E-state index in [1.807, 2.05) is 0 Å². The Bertz CT molecular complexity index is 494. The van der Waals surface area contributed by atoms with Crippen molar-refractivity contribution in [2.75, 3.05) is 0 Å². The second-order valence-corrected chi connectivity index (χ2v) is 4.55. The van der Waals surface area contributed by atoms with E-state index in [0.717, 1.165) is 12.1 Å². The fourth-order valence-corrected chi connectivity index (χ4v) is 2.05. The number of imide groups is 1. The van der Waals surface area contributed by atoms with Gasteiger partial charge in [0.05, 0.1) is 5.56 Å². The lowest BCUT2D eigenvalue weighted by atomic mass is 9.91. The van der Waals surface area contributed by atoms with Crippen molar-refractivity contribution in [3.8, 4) is 0 Å². The Morgan fingerprint density at radius 2 is 1.79 bits per heavy atom. The van der Waals surface area contributed by atoms with Crippen LogP contribution < -0.4 is 5.32 Å². The molecule has 2 amide bonds. The molecule has 1 aliphatic heterocycles. The molecular weight excluding hydrogens is 259 g/mol. The van der Waals surface area contributed by atoms with E-state index in [2.05, 4.69) is 5.32 Å². The molecule has 1 aromatic rings. The normalized spacial score (nSPS) is 20.3. The van der Waals surface area contributed by atoms with Crippen molar-refractivity contribution >= 4 is 11.8 Å². The van der Waals surface area contributed by atoms with Crippen LogP contribution in [-0.2, 0) is 22.2 Å². The lowest BCUT2D eigenvalue weighted by molar-refractivity contribution is -0.138. The number of amides is 2. The van der Waals surface area contributed by atoms with Gasteiger partial charge in [0.1, 0.15) is 0 Å². The average Bonchev–Trinajstić information content (AvgIpc) is 2.32. The summed E-state index contributed by atoms with van der Waals surface area (Å²) in [6.45, 7) is 0. The highest BCUT2D eigenvalue weighted by molar-refractivity contribution is 5.98. The first-order valence-electron chi connectivity index (χ1n) is 5.86. The third kappa shape index (κ3) is 3.33. The van der Waals surface area contributed by atoms with Crippen molar-refractivity contribution in [2.24, 2.45) is 5.92 Å². The number of hydrogen-bond donors (Lipinski definition) is 1. The summed E-state index contributed by atoms with van der Waals surface area (Å²) < 4.78 is 37.1. The number of piperidine rings is 1. The van der Waals surface area contributed by atoms with Gasteiger partial charge in [-0.15, -0.1) is 0 Å². The van der Waals surface area contributed by atoms with Gasteiger partial charge in [-0.2, -0.15) is 13.2 Å². The second kappa shape index (κ2) is 5.03. The molecule has 0 aliphatic carbocycles. The molecule has 1 aliphatic rings. The van der Waals surface area contributed by atoms with Crippen molar-refractivity contribution in [1.29, 1.82) is 0 Å². The molecule has 1 atom stereocenters. The van der Waals surface area contributed by atoms with Crippen molar-refractivity contribution < 1.29 is 22.8 Å². The van der Waals surface area contributed by atoms with Crippen LogP contribution in [0, 0.1) is 5.92 Å². The molecular formula is C13H12F3NO2. The van der Waals surface area contributed by atoms with Crippen LogP contribution in [-0.4, -0.2) is 11.8 Å². The summed E-state index contributed by atoms with van der Waals surface area (Å²) in [4.78, 5) is 22.5. The Kier molecular flexibility index (Phi) is 3.59. The highest BCUT2D eigenvalue weighted by atomic mass is 19.4. The number of nitrogens with one attached hydrogen (secondary N) is 1. The maximum absolute atomic E-state index is 12.4. The monoisotopic (exact) mass is 271 g/mol. The first-order chi connectivity index (χ1) is 8.86. The quantitative estimate of drug-likeness (QED) is 0.839. The number of carbonyl (C=O) groups excluding carboxylic acids is 2. The molecule has 1 heterocycles. The van der Waals surface area contributed by atoms with E-state index in [-0.39, 0.29) is 24.2 Å². The molecule has 3 nitrogen and oxygen atoms in total. The van der Waals surface area contributed by atoms with E-state index in [9.17, 15) is 22.8 Å². The molecule has 6 heteroatoms. The van der Waals surface area contributed by atoms with Crippen LogP contribution in [0.25, 0.3) is 0 Å². The Morgan fingerprint density at radius 1 is 1.16 bits per heavy atom. The van der Waals surface area contributed by atoms with E-state index in [1.54, 1.807) is 0 Å². The van der Waals surface area contributed by atoms with Crippen LogP contribution in [0.2, 0.25) is 0 Å². The fourth-order valence-electron chi connectivity index (χ4n) is 2.05. The summed E-state index contributed by atoms with van der Waals surface area (Å²) in [5.41, 5.74) is -0.0537. The zero-order valence-corrected chi connectivity index (χ0v) is 9.96. The third-order valence-corrected chi connectivity index (χ3v) is 3.12. The molecule has 0 radical (unpaired) electrons. The van der Waals surface area contributed by atoms with Crippen LogP contribution in [0.1, 0.15) is 24.0 Å². The number of benzene rings is 1. The van der Waals surface area contributed by atoms with E-state index in [1.165, 1.54) is 12.1 Å². The molecule has 1 saturated heterocycles. The van der Waals surface area contributed by atoms with Gasteiger partial charge in [0, 0.05) is 12.3 Å². The third-order valence-electron chi connectivity index (χ3n) is 3.12. The highest BCUT2D eigenvalue weighted by Crippen LogP contribution is 2.29. The number of hydrogen-bond acceptors (Lipinski definition) is 2. The van der Waals surface area contributed by atoms with E-state index in [0.29, 0.717) is 18.4 Å². The van der Waals surface area contributed by atoms with Gasteiger partial charge >= 0.3 is 6.18 Å². The van der Waals surface area contributed by atoms with Gasteiger partial charge < -0.3 is 0 Å². The zero-order valence-electron chi connectivity index (χ0n) is 9.96. The molecule has 1 aromatic carbocycles. The van der Waals surface area contributed by atoms with Gasteiger partial charge in [-0.25, -0.2) is 0 Å². The molecule has 19 heavy (non-hydrogen) atoms. The Labute approximate surface area is 107 Å². The summed E-state index contributed by atoms with van der Waals surface area (Å²) in [5.74, 6) is -1.00. The number of rotatable bonds is 2. The van der Waals surface area contributed by atoms with Crippen LogP contribution in [0.15, 0.2) is 24.3 Å². The molecule has 0 spiro atoms. The van der Waals surface area contributed by atoms with Gasteiger partial charge in [-0.1, -0.05) is 12.1 Å². The average molecular weight is 271 g/mol. The van der Waals surface area contributed by atoms with Crippen LogP contribution >= 0.6 is 0 Å². The molecule has 0 aromatic heterocycles. The first kappa shape index (κ1) is 13.6. The zero-order chi connectivity index (χ0) is 14.0. The molecule has 1 fully saturated rings. The molecule has 1 N–H and O–H groups in total. The summed E-state index contributed by atoms with van der Waals surface area (Å²) in [6, 6.07) is 4.74. The summed E-state index contributed by atoms with van der Waals surface area (Å²) >= 11 is 0. The molecule has 2 rings (SSSR count). The van der Waals surface area contributed by atoms with Crippen LogP contribution in [0.4, 0.5) is 13.2 Å². The Balaban J connectivity index is 2.04. The maximum atomic E-state index is 12.4. The van der Waals surface area contributed by atoms with Crippen molar-refractivity contribution in [3.63, 3.8) is 0 Å². The van der Waals surface area contributed by atoms with Crippen LogP contribution in [0.5, 0.6) is 0 Å². The molecule has 1 unspecified atom stereocenters. The largest absolute Gasteiger partial charge is 0.416 e. The Hall–Kier alpha value is -1.85. The topological polar surface area (TPSA) is 46.2 Å². The molecule has 102 valence electrons. The van der Waals surface area contributed by atoms with Crippen molar-refractivity contribution in [1.82, 2.24) is 5.32 Å². The summed E-state index contributed by atoms with van der Waals surface area (Å²) in [6.07, 6.45) is -3.30. The predicted molar refractivity (Wildman–Crippen MR) is 61.0 cm³/mol. The van der Waals surface area contributed by atoms with E-state index in [4.69, 9.17) is 0 Å². The van der Waals surface area contributed by atoms with Gasteiger partial charge in [-0.05, 0) is 30.5 Å². The summed E-state index contributed by atoms with van der Waals surface area (Å²) in [7, 11) is 0. The van der Waals surface area contributed by atoms with Crippen LogP contribution in [0.3, 0.4) is 0 Å². The minimum Gasteiger partial charge on any atom is -0.296 e.